The number of rotatable bonds is 12. The van der Waals surface area contributed by atoms with Crippen molar-refractivity contribution in [3.63, 3.8) is 0 Å². The molecule has 0 spiro atoms. The Hall–Kier alpha value is -5.38. The van der Waals surface area contributed by atoms with Crippen molar-refractivity contribution < 1.29 is 28.2 Å². The van der Waals surface area contributed by atoms with Gasteiger partial charge < -0.3 is 20.1 Å². The fourth-order valence-corrected chi connectivity index (χ4v) is 6.13. The molecule has 2 heterocycles. The van der Waals surface area contributed by atoms with Crippen molar-refractivity contribution in [3.8, 4) is 22.5 Å². The van der Waals surface area contributed by atoms with Crippen molar-refractivity contribution in [1.29, 1.82) is 0 Å². The number of benzene rings is 3. The van der Waals surface area contributed by atoms with Crippen LogP contribution in [0.25, 0.3) is 22.5 Å². The highest BCUT2D eigenvalue weighted by Crippen LogP contribution is 2.32. The van der Waals surface area contributed by atoms with Crippen LogP contribution in [-0.4, -0.2) is 47.2 Å². The zero-order valence-corrected chi connectivity index (χ0v) is 30.3. The minimum atomic E-state index is -0.614. The first-order chi connectivity index (χ1) is 23.8. The molecule has 0 aliphatic rings. The van der Waals surface area contributed by atoms with Gasteiger partial charge in [0.05, 0.1) is 14.2 Å². The molecule has 0 aliphatic carbocycles. The summed E-state index contributed by atoms with van der Waals surface area (Å²) in [4.78, 5) is 33.5. The number of H-pyrrole nitrogens is 2. The van der Waals surface area contributed by atoms with Gasteiger partial charge in [-0.3, -0.25) is 0 Å². The van der Waals surface area contributed by atoms with E-state index in [1.54, 1.807) is 0 Å². The number of anilines is 2. The fourth-order valence-electron chi connectivity index (χ4n) is 6.13. The number of aromatic nitrogens is 4. The SMILES string of the molecule is COC(=O)[C@H](Cc1ccccc1)[n+]1c[nH]c(NC(C)(C)C)c1-c1ccc(-c2c(NC(C)(C)C)[nH]c[n+]2[C@@H](Cc2ccccc2)C(=O)OC)cc1. The maximum atomic E-state index is 13.3. The Morgan fingerprint density at radius 2 is 0.940 bits per heavy atom. The Balaban J connectivity index is 1.63. The van der Waals surface area contributed by atoms with E-state index in [1.165, 1.54) is 14.2 Å². The first kappa shape index (κ1) is 35.9. The Bertz CT molecular complexity index is 1750. The van der Waals surface area contributed by atoms with Crippen LogP contribution in [-0.2, 0) is 31.9 Å². The van der Waals surface area contributed by atoms with Crippen molar-refractivity contribution in [1.82, 2.24) is 9.97 Å². The molecule has 0 aliphatic heterocycles. The van der Waals surface area contributed by atoms with Gasteiger partial charge in [0.2, 0.25) is 36.4 Å². The maximum Gasteiger partial charge on any atom is 0.351 e. The van der Waals surface area contributed by atoms with Crippen LogP contribution < -0.4 is 19.8 Å². The summed E-state index contributed by atoms with van der Waals surface area (Å²) in [5, 5.41) is 7.18. The highest BCUT2D eigenvalue weighted by atomic mass is 16.5. The zero-order chi connectivity index (χ0) is 36.1. The molecule has 5 rings (SSSR count). The van der Waals surface area contributed by atoms with Crippen LogP contribution in [0.4, 0.5) is 11.6 Å². The lowest BCUT2D eigenvalue weighted by Crippen LogP contribution is -2.46. The number of aromatic amines is 2. The van der Waals surface area contributed by atoms with Crippen molar-refractivity contribution in [2.45, 2.75) is 77.5 Å². The molecule has 0 fully saturated rings. The minimum absolute atomic E-state index is 0.261. The lowest BCUT2D eigenvalue weighted by molar-refractivity contribution is -0.699. The van der Waals surface area contributed by atoms with E-state index < -0.39 is 12.1 Å². The molecule has 2 atom stereocenters. The third-order valence-electron chi connectivity index (χ3n) is 8.28. The number of esters is 2. The predicted octanol–water partition coefficient (Wildman–Crippen LogP) is 6.59. The summed E-state index contributed by atoms with van der Waals surface area (Å²) in [5.41, 5.74) is 4.96. The van der Waals surface area contributed by atoms with E-state index in [-0.39, 0.29) is 23.0 Å². The van der Waals surface area contributed by atoms with Crippen LogP contribution in [0.1, 0.15) is 64.8 Å². The van der Waals surface area contributed by atoms with Crippen molar-refractivity contribution in [2.75, 3.05) is 24.9 Å². The van der Waals surface area contributed by atoms with Gasteiger partial charge in [0.25, 0.3) is 0 Å². The summed E-state index contributed by atoms with van der Waals surface area (Å²) in [5.74, 6) is 0.897. The van der Waals surface area contributed by atoms with Gasteiger partial charge in [-0.25, -0.2) is 28.7 Å². The van der Waals surface area contributed by atoms with Crippen LogP contribution in [0.3, 0.4) is 0 Å². The molecule has 262 valence electrons. The fraction of sp³-hybridized carbons (Fsp3) is 0.350. The largest absolute Gasteiger partial charge is 0.466 e. The van der Waals surface area contributed by atoms with Gasteiger partial charge >= 0.3 is 11.9 Å². The molecule has 3 aromatic carbocycles. The van der Waals surface area contributed by atoms with Gasteiger partial charge in [0, 0.05) is 35.0 Å². The second-order valence-corrected chi connectivity index (χ2v) is 14.6. The third-order valence-corrected chi connectivity index (χ3v) is 8.28. The minimum Gasteiger partial charge on any atom is -0.466 e. The normalized spacial score (nSPS) is 13.0. The molecule has 0 saturated heterocycles. The number of nitrogens with zero attached hydrogens (tertiary/aromatic N) is 2. The second kappa shape index (κ2) is 15.0. The first-order valence-corrected chi connectivity index (χ1v) is 16.9. The quantitative estimate of drug-likeness (QED) is 0.0875. The molecule has 4 N–H and O–H groups in total. The monoisotopic (exact) mass is 678 g/mol. The molecular weight excluding hydrogens is 628 g/mol. The number of carbonyl (C=O) groups is 2. The summed E-state index contributed by atoms with van der Waals surface area (Å²) in [6.45, 7) is 12.5. The third kappa shape index (κ3) is 8.61. The molecule has 0 radical (unpaired) electrons. The Labute approximate surface area is 294 Å². The van der Waals surface area contributed by atoms with E-state index in [9.17, 15) is 9.59 Å². The number of imidazole rings is 2. The summed E-state index contributed by atoms with van der Waals surface area (Å²) in [6.07, 6.45) is 4.57. The van der Waals surface area contributed by atoms with Crippen LogP contribution >= 0.6 is 0 Å². The molecule has 2 aromatic heterocycles. The smallest absolute Gasteiger partial charge is 0.351 e. The van der Waals surface area contributed by atoms with Crippen molar-refractivity contribution in [3.05, 3.63) is 109 Å². The predicted molar refractivity (Wildman–Crippen MR) is 196 cm³/mol. The summed E-state index contributed by atoms with van der Waals surface area (Å²) >= 11 is 0. The second-order valence-electron chi connectivity index (χ2n) is 14.6. The summed E-state index contributed by atoms with van der Waals surface area (Å²) in [7, 11) is 2.84. The molecule has 0 bridgehead atoms. The van der Waals surface area contributed by atoms with Crippen LogP contribution in [0.5, 0.6) is 0 Å². The molecule has 50 heavy (non-hydrogen) atoms. The van der Waals surface area contributed by atoms with Crippen LogP contribution in [0.2, 0.25) is 0 Å². The number of hydrogen-bond acceptors (Lipinski definition) is 6. The maximum absolute atomic E-state index is 13.3. The van der Waals surface area contributed by atoms with E-state index in [0.29, 0.717) is 12.8 Å². The van der Waals surface area contributed by atoms with Crippen molar-refractivity contribution >= 4 is 23.6 Å². The zero-order valence-electron chi connectivity index (χ0n) is 30.3. The molecular formula is C40H50N6O4+2. The van der Waals surface area contributed by atoms with Crippen molar-refractivity contribution in [2.24, 2.45) is 0 Å². The van der Waals surface area contributed by atoms with Gasteiger partial charge in [-0.1, -0.05) is 60.7 Å². The number of carbonyl (C=O) groups excluding carboxylic acids is 2. The van der Waals surface area contributed by atoms with Crippen LogP contribution in [0.15, 0.2) is 97.6 Å². The number of hydrogen-bond donors (Lipinski definition) is 4. The van der Waals surface area contributed by atoms with E-state index in [1.807, 2.05) is 107 Å². The number of nitrogens with one attached hydrogen (secondary N) is 4. The Morgan fingerprint density at radius 1 is 0.600 bits per heavy atom. The standard InChI is InChI=1S/C40H48N6O4/c1-39(2,3)43-35-33(45(25-41-35)31(37(47)49-7)23-27-15-11-9-12-16-27)29-19-21-30(22-20-29)34-36(44-40(4,5)6)42-26-46(34)32(38(48)50-8)24-28-17-13-10-14-18-28/h9-22,25-26,31-32,43-44H,23-24H2,1-8H3/p+2/t31-,32-/m0/s1. The summed E-state index contributed by atoms with van der Waals surface area (Å²) in [6, 6.07) is 26.8. The molecule has 0 amide bonds. The average Bonchev–Trinajstić information content (AvgIpc) is 3.68. The van der Waals surface area contributed by atoms with Gasteiger partial charge in [-0.15, -0.1) is 0 Å². The van der Waals surface area contributed by atoms with E-state index in [0.717, 1.165) is 45.3 Å². The number of methoxy groups -OCH3 is 2. The molecule has 5 aromatic rings. The molecule has 0 saturated carbocycles. The topological polar surface area (TPSA) is 116 Å². The lowest BCUT2D eigenvalue weighted by Gasteiger charge is -2.21. The highest BCUT2D eigenvalue weighted by molar-refractivity contribution is 5.78. The lowest BCUT2D eigenvalue weighted by atomic mass is 10.0. The Morgan fingerprint density at radius 3 is 1.24 bits per heavy atom. The first-order valence-electron chi connectivity index (χ1n) is 16.9. The van der Waals surface area contributed by atoms with Gasteiger partial charge in [-0.05, 0) is 76.9 Å². The number of ether oxygens (including phenoxy) is 2. The van der Waals surface area contributed by atoms with E-state index in [2.05, 4.69) is 62.1 Å². The molecule has 10 nitrogen and oxygen atoms in total. The van der Waals surface area contributed by atoms with Gasteiger partial charge in [0.15, 0.2) is 11.4 Å². The van der Waals surface area contributed by atoms with E-state index >= 15 is 0 Å². The average molecular weight is 679 g/mol. The molecule has 0 unspecified atom stereocenters. The van der Waals surface area contributed by atoms with Gasteiger partial charge in [-0.2, -0.15) is 0 Å². The Kier molecular flexibility index (Phi) is 10.8. The van der Waals surface area contributed by atoms with Gasteiger partial charge in [0.1, 0.15) is 0 Å². The van der Waals surface area contributed by atoms with Crippen LogP contribution in [0, 0.1) is 0 Å². The molecule has 10 heteroatoms. The summed E-state index contributed by atoms with van der Waals surface area (Å²) < 4.78 is 14.6. The van der Waals surface area contributed by atoms with E-state index in [4.69, 9.17) is 9.47 Å². The highest BCUT2D eigenvalue weighted by Gasteiger charge is 2.36.